The lowest BCUT2D eigenvalue weighted by molar-refractivity contribution is 0.467. The number of fused-ring (bicyclic) bond motifs is 1. The van der Waals surface area contributed by atoms with E-state index in [0.717, 1.165) is 11.1 Å². The van der Waals surface area contributed by atoms with Gasteiger partial charge in [-0.1, -0.05) is 12.1 Å². The number of aromatic nitrogens is 1. The molecule has 1 aromatic heterocycles. The summed E-state index contributed by atoms with van der Waals surface area (Å²) >= 11 is 0. The van der Waals surface area contributed by atoms with Crippen molar-refractivity contribution in [3.05, 3.63) is 29.7 Å². The van der Waals surface area contributed by atoms with Gasteiger partial charge in [0.25, 0.3) is 0 Å². The number of oxazole rings is 1. The molecule has 0 aliphatic carbocycles. The lowest BCUT2D eigenvalue weighted by Gasteiger charge is -2.05. The summed E-state index contributed by atoms with van der Waals surface area (Å²) in [6, 6.07) is 5.18. The number of benzene rings is 1. The van der Waals surface area contributed by atoms with Crippen molar-refractivity contribution in [2.75, 3.05) is 12.0 Å². The zero-order valence-corrected chi connectivity index (χ0v) is 11.2. The summed E-state index contributed by atoms with van der Waals surface area (Å²) in [6.07, 6.45) is 1.50. The summed E-state index contributed by atoms with van der Waals surface area (Å²) in [5.74, 6) is 0.425. The largest absolute Gasteiger partial charge is 0.439 e. The van der Waals surface area contributed by atoms with E-state index in [4.69, 9.17) is 10.2 Å². The van der Waals surface area contributed by atoms with E-state index < -0.39 is 15.9 Å². The first-order chi connectivity index (χ1) is 8.37. The van der Waals surface area contributed by atoms with Crippen molar-refractivity contribution in [3.8, 4) is 0 Å². The highest BCUT2D eigenvalue weighted by molar-refractivity contribution is 7.90. The van der Waals surface area contributed by atoms with Crippen molar-refractivity contribution < 1.29 is 12.8 Å². The SMILES string of the molecule is Cc1cccc2nc(C(N)CCS(C)(=O)=O)oc12. The zero-order valence-electron chi connectivity index (χ0n) is 10.4. The fraction of sp³-hybridized carbons (Fsp3) is 0.417. The van der Waals surface area contributed by atoms with Gasteiger partial charge in [0.15, 0.2) is 5.58 Å². The van der Waals surface area contributed by atoms with E-state index in [9.17, 15) is 8.42 Å². The molecule has 5 nitrogen and oxygen atoms in total. The normalized spacial score (nSPS) is 13.9. The summed E-state index contributed by atoms with van der Waals surface area (Å²) in [5.41, 5.74) is 8.34. The molecule has 0 bridgehead atoms. The molecular formula is C12H16N2O3S. The molecule has 0 fully saturated rings. The molecule has 18 heavy (non-hydrogen) atoms. The van der Waals surface area contributed by atoms with Gasteiger partial charge in [-0.05, 0) is 25.0 Å². The number of para-hydroxylation sites is 1. The van der Waals surface area contributed by atoms with Gasteiger partial charge in [0, 0.05) is 6.26 Å². The van der Waals surface area contributed by atoms with Crippen LogP contribution in [0.2, 0.25) is 0 Å². The van der Waals surface area contributed by atoms with E-state index >= 15 is 0 Å². The van der Waals surface area contributed by atoms with Crippen LogP contribution >= 0.6 is 0 Å². The molecule has 98 valence electrons. The molecule has 2 N–H and O–H groups in total. The van der Waals surface area contributed by atoms with Crippen LogP contribution in [0.4, 0.5) is 0 Å². The number of nitrogens with zero attached hydrogens (tertiary/aromatic N) is 1. The van der Waals surface area contributed by atoms with E-state index in [0.29, 0.717) is 17.9 Å². The van der Waals surface area contributed by atoms with Crippen LogP contribution in [0.25, 0.3) is 11.1 Å². The third-order valence-corrected chi connectivity index (χ3v) is 3.72. The number of nitrogens with two attached hydrogens (primary N) is 1. The maximum Gasteiger partial charge on any atom is 0.212 e. The molecule has 0 amide bonds. The molecule has 2 rings (SSSR count). The van der Waals surface area contributed by atoms with Crippen LogP contribution in [0.5, 0.6) is 0 Å². The minimum absolute atomic E-state index is 0.0336. The maximum atomic E-state index is 11.1. The van der Waals surface area contributed by atoms with Crippen LogP contribution in [-0.2, 0) is 9.84 Å². The standard InChI is InChI=1S/C12H16N2O3S/c1-8-4-3-5-10-11(8)17-12(14-10)9(13)6-7-18(2,15)16/h3-5,9H,6-7,13H2,1-2H3. The number of aryl methyl sites for hydroxylation is 1. The van der Waals surface area contributed by atoms with E-state index in [1.807, 2.05) is 25.1 Å². The number of rotatable bonds is 4. The van der Waals surface area contributed by atoms with Gasteiger partial charge in [-0.2, -0.15) is 0 Å². The molecule has 6 heteroatoms. The van der Waals surface area contributed by atoms with Gasteiger partial charge in [0.05, 0.1) is 11.8 Å². The fourth-order valence-corrected chi connectivity index (χ4v) is 2.41. The average Bonchev–Trinajstić information content (AvgIpc) is 2.70. The smallest absolute Gasteiger partial charge is 0.212 e. The summed E-state index contributed by atoms with van der Waals surface area (Å²) in [4.78, 5) is 4.29. The Morgan fingerprint density at radius 2 is 2.17 bits per heavy atom. The first-order valence-electron chi connectivity index (χ1n) is 5.66. The van der Waals surface area contributed by atoms with Crippen molar-refractivity contribution in [2.24, 2.45) is 5.73 Å². The monoisotopic (exact) mass is 268 g/mol. The minimum atomic E-state index is -3.01. The Labute approximate surface area is 106 Å². The topological polar surface area (TPSA) is 86.2 Å². The number of hydrogen-bond acceptors (Lipinski definition) is 5. The Kier molecular flexibility index (Phi) is 3.41. The first-order valence-corrected chi connectivity index (χ1v) is 7.72. The van der Waals surface area contributed by atoms with E-state index in [-0.39, 0.29) is 5.75 Å². The minimum Gasteiger partial charge on any atom is -0.439 e. The Balaban J connectivity index is 2.23. The van der Waals surface area contributed by atoms with Crippen molar-refractivity contribution in [2.45, 2.75) is 19.4 Å². The van der Waals surface area contributed by atoms with Gasteiger partial charge in [-0.3, -0.25) is 0 Å². The van der Waals surface area contributed by atoms with Gasteiger partial charge >= 0.3 is 0 Å². The van der Waals surface area contributed by atoms with Crippen LogP contribution in [-0.4, -0.2) is 25.4 Å². The van der Waals surface area contributed by atoms with Gasteiger partial charge < -0.3 is 10.2 Å². The van der Waals surface area contributed by atoms with Gasteiger partial charge in [-0.15, -0.1) is 0 Å². The fourth-order valence-electron chi connectivity index (χ4n) is 1.73. The van der Waals surface area contributed by atoms with Crippen LogP contribution in [0, 0.1) is 6.92 Å². The van der Waals surface area contributed by atoms with Crippen molar-refractivity contribution in [3.63, 3.8) is 0 Å². The van der Waals surface area contributed by atoms with E-state index in [2.05, 4.69) is 4.98 Å². The molecule has 1 heterocycles. The average molecular weight is 268 g/mol. The van der Waals surface area contributed by atoms with Crippen LogP contribution in [0.1, 0.15) is 23.9 Å². The lowest BCUT2D eigenvalue weighted by Crippen LogP contribution is -2.15. The lowest BCUT2D eigenvalue weighted by atomic mass is 10.2. The molecule has 0 spiro atoms. The third kappa shape index (κ3) is 2.88. The molecule has 1 aromatic carbocycles. The van der Waals surface area contributed by atoms with Crippen molar-refractivity contribution >= 4 is 20.9 Å². The zero-order chi connectivity index (χ0) is 13.3. The van der Waals surface area contributed by atoms with E-state index in [1.54, 1.807) is 0 Å². The summed E-state index contributed by atoms with van der Waals surface area (Å²) in [7, 11) is -3.01. The molecule has 0 saturated heterocycles. The van der Waals surface area contributed by atoms with Gasteiger partial charge in [-0.25, -0.2) is 13.4 Å². The number of hydrogen-bond donors (Lipinski definition) is 1. The third-order valence-electron chi connectivity index (χ3n) is 2.75. The molecule has 2 aromatic rings. The molecule has 0 saturated carbocycles. The highest BCUT2D eigenvalue weighted by atomic mass is 32.2. The van der Waals surface area contributed by atoms with Gasteiger partial charge in [0.2, 0.25) is 5.89 Å². The summed E-state index contributed by atoms with van der Waals surface area (Å²) in [5, 5.41) is 0. The Morgan fingerprint density at radius 1 is 1.44 bits per heavy atom. The molecule has 1 unspecified atom stereocenters. The highest BCUT2D eigenvalue weighted by Gasteiger charge is 2.16. The maximum absolute atomic E-state index is 11.1. The summed E-state index contributed by atoms with van der Waals surface area (Å²) in [6.45, 7) is 1.93. The van der Waals surface area contributed by atoms with Gasteiger partial charge in [0.1, 0.15) is 15.4 Å². The Bertz CT molecular complexity index is 661. The van der Waals surface area contributed by atoms with E-state index in [1.165, 1.54) is 6.26 Å². The molecular weight excluding hydrogens is 252 g/mol. The molecule has 1 atom stereocenters. The quantitative estimate of drug-likeness (QED) is 0.909. The predicted molar refractivity (Wildman–Crippen MR) is 70.0 cm³/mol. The van der Waals surface area contributed by atoms with Crippen LogP contribution in [0.3, 0.4) is 0 Å². The second kappa shape index (κ2) is 4.70. The van der Waals surface area contributed by atoms with Crippen molar-refractivity contribution in [1.29, 1.82) is 0 Å². The Hall–Kier alpha value is -1.40. The summed E-state index contributed by atoms with van der Waals surface area (Å²) < 4.78 is 27.8. The molecule has 0 aliphatic rings. The molecule has 0 radical (unpaired) electrons. The molecule has 0 aliphatic heterocycles. The predicted octanol–water partition coefficient (Wildman–Crippen LogP) is 1.57. The van der Waals surface area contributed by atoms with Crippen molar-refractivity contribution in [1.82, 2.24) is 4.98 Å². The second-order valence-corrected chi connectivity index (χ2v) is 6.76. The van der Waals surface area contributed by atoms with Crippen LogP contribution < -0.4 is 5.73 Å². The van der Waals surface area contributed by atoms with Crippen LogP contribution in [0.15, 0.2) is 22.6 Å². The second-order valence-electron chi connectivity index (χ2n) is 4.50. The Morgan fingerprint density at radius 3 is 2.78 bits per heavy atom. The first kappa shape index (κ1) is 13.0. The highest BCUT2D eigenvalue weighted by Crippen LogP contribution is 2.23. The number of sulfone groups is 1.